The molecule has 0 aliphatic carbocycles. The zero-order valence-electron chi connectivity index (χ0n) is 20.0. The number of amides is 3. The van der Waals surface area contributed by atoms with Gasteiger partial charge in [0.05, 0.1) is 13.0 Å². The first-order valence-corrected chi connectivity index (χ1v) is 12.1. The maximum Gasteiger partial charge on any atom is 0.251 e. The molecule has 180 valence electrons. The number of nitrogens with one attached hydrogen (secondary N) is 1. The van der Waals surface area contributed by atoms with Crippen molar-refractivity contribution in [3.8, 4) is 5.75 Å². The van der Waals surface area contributed by atoms with Crippen molar-refractivity contribution in [1.29, 1.82) is 0 Å². The summed E-state index contributed by atoms with van der Waals surface area (Å²) in [5.41, 5.74) is 2.89. The molecule has 3 amide bonds. The van der Waals surface area contributed by atoms with Crippen LogP contribution in [0.15, 0.2) is 48.5 Å². The predicted molar refractivity (Wildman–Crippen MR) is 129 cm³/mol. The Morgan fingerprint density at radius 1 is 1.00 bits per heavy atom. The summed E-state index contributed by atoms with van der Waals surface area (Å²) in [7, 11) is 1.62. The second kappa shape index (κ2) is 10.7. The highest BCUT2D eigenvalue weighted by atomic mass is 16.5. The number of carbonyl (C=O) groups is 3. The largest absolute Gasteiger partial charge is 0.497 e. The van der Waals surface area contributed by atoms with E-state index in [4.69, 9.17) is 4.74 Å². The summed E-state index contributed by atoms with van der Waals surface area (Å²) >= 11 is 0. The molecule has 34 heavy (non-hydrogen) atoms. The lowest BCUT2D eigenvalue weighted by Gasteiger charge is -2.33. The summed E-state index contributed by atoms with van der Waals surface area (Å²) in [6.45, 7) is 4.24. The molecule has 2 heterocycles. The van der Waals surface area contributed by atoms with Crippen LogP contribution in [-0.2, 0) is 22.6 Å². The van der Waals surface area contributed by atoms with Crippen molar-refractivity contribution in [3.63, 3.8) is 0 Å². The Hall–Kier alpha value is -3.35. The highest BCUT2D eigenvalue weighted by Gasteiger charge is 2.37. The van der Waals surface area contributed by atoms with Crippen LogP contribution in [0.25, 0.3) is 0 Å². The van der Waals surface area contributed by atoms with Crippen molar-refractivity contribution in [2.45, 2.75) is 45.2 Å². The van der Waals surface area contributed by atoms with Crippen LogP contribution in [0.4, 0.5) is 0 Å². The lowest BCUT2D eigenvalue weighted by atomic mass is 10.0. The summed E-state index contributed by atoms with van der Waals surface area (Å²) in [6.07, 6.45) is 2.65. The van der Waals surface area contributed by atoms with Gasteiger partial charge < -0.3 is 19.9 Å². The van der Waals surface area contributed by atoms with Gasteiger partial charge in [-0.15, -0.1) is 0 Å². The van der Waals surface area contributed by atoms with Crippen LogP contribution >= 0.6 is 0 Å². The van der Waals surface area contributed by atoms with E-state index in [1.54, 1.807) is 12.0 Å². The number of benzene rings is 2. The molecular weight excluding hydrogens is 430 g/mol. The standard InChI is InChI=1S/C27H33N3O4/c1-3-19-4-8-21(9-5-19)26(32)28-23-12-14-29(15-13-23)27(33)22-16-25(31)30(18-22)17-20-6-10-24(34-2)11-7-20/h4-11,22-23H,3,12-18H2,1-2H3,(H,28,32). The smallest absolute Gasteiger partial charge is 0.251 e. The Kier molecular flexibility index (Phi) is 7.50. The Balaban J connectivity index is 1.25. The average molecular weight is 464 g/mol. The molecule has 4 rings (SSSR count). The molecule has 7 nitrogen and oxygen atoms in total. The van der Waals surface area contributed by atoms with Gasteiger partial charge in [0.2, 0.25) is 11.8 Å². The quantitative estimate of drug-likeness (QED) is 0.685. The number of ether oxygens (including phenoxy) is 1. The second-order valence-corrected chi connectivity index (χ2v) is 9.15. The van der Waals surface area contributed by atoms with E-state index >= 15 is 0 Å². The maximum absolute atomic E-state index is 13.1. The first kappa shape index (κ1) is 23.8. The van der Waals surface area contributed by atoms with Crippen molar-refractivity contribution in [2.24, 2.45) is 5.92 Å². The number of carbonyl (C=O) groups excluding carboxylic acids is 3. The van der Waals surface area contributed by atoms with E-state index in [1.807, 2.05) is 53.4 Å². The fraction of sp³-hybridized carbons (Fsp3) is 0.444. The van der Waals surface area contributed by atoms with Crippen LogP contribution in [0.2, 0.25) is 0 Å². The Morgan fingerprint density at radius 3 is 2.26 bits per heavy atom. The minimum absolute atomic E-state index is 0.0189. The zero-order valence-corrected chi connectivity index (χ0v) is 20.0. The molecule has 1 N–H and O–H groups in total. The van der Waals surface area contributed by atoms with E-state index in [0.717, 1.165) is 30.6 Å². The van der Waals surface area contributed by atoms with E-state index in [1.165, 1.54) is 5.56 Å². The van der Waals surface area contributed by atoms with Gasteiger partial charge in [-0.05, 0) is 54.7 Å². The Bertz CT molecular complexity index is 1010. The molecule has 1 unspecified atom stereocenters. The fourth-order valence-corrected chi connectivity index (χ4v) is 4.70. The van der Waals surface area contributed by atoms with E-state index in [9.17, 15) is 14.4 Å². The summed E-state index contributed by atoms with van der Waals surface area (Å²) in [6, 6.07) is 15.4. The van der Waals surface area contributed by atoms with Crippen LogP contribution in [0, 0.1) is 5.92 Å². The van der Waals surface area contributed by atoms with Gasteiger partial charge in [0.1, 0.15) is 5.75 Å². The van der Waals surface area contributed by atoms with Gasteiger partial charge in [-0.1, -0.05) is 31.2 Å². The Morgan fingerprint density at radius 2 is 1.65 bits per heavy atom. The number of hydrogen-bond donors (Lipinski definition) is 1. The highest BCUT2D eigenvalue weighted by Crippen LogP contribution is 2.24. The van der Waals surface area contributed by atoms with Crippen LogP contribution in [0.5, 0.6) is 5.75 Å². The molecule has 2 saturated heterocycles. The molecule has 2 fully saturated rings. The number of methoxy groups -OCH3 is 1. The third-order valence-electron chi connectivity index (χ3n) is 6.86. The van der Waals surface area contributed by atoms with Crippen molar-refractivity contribution >= 4 is 17.7 Å². The molecule has 0 saturated carbocycles. The van der Waals surface area contributed by atoms with E-state index in [0.29, 0.717) is 31.7 Å². The molecule has 0 aromatic heterocycles. The zero-order chi connectivity index (χ0) is 24.1. The molecule has 0 bridgehead atoms. The number of likely N-dealkylation sites (tertiary alicyclic amines) is 2. The van der Waals surface area contributed by atoms with Crippen molar-refractivity contribution < 1.29 is 19.1 Å². The molecule has 1 atom stereocenters. The van der Waals surface area contributed by atoms with Crippen molar-refractivity contribution in [3.05, 3.63) is 65.2 Å². The number of aryl methyl sites for hydroxylation is 1. The second-order valence-electron chi connectivity index (χ2n) is 9.15. The summed E-state index contributed by atoms with van der Waals surface area (Å²) in [4.78, 5) is 41.8. The van der Waals surface area contributed by atoms with Gasteiger partial charge in [-0.2, -0.15) is 0 Å². The molecule has 0 radical (unpaired) electrons. The number of rotatable bonds is 7. The predicted octanol–water partition coefficient (Wildman–Crippen LogP) is 3.03. The van der Waals surface area contributed by atoms with Crippen LogP contribution in [-0.4, -0.2) is 60.3 Å². The van der Waals surface area contributed by atoms with Gasteiger partial charge in [0, 0.05) is 44.2 Å². The van der Waals surface area contributed by atoms with Crippen LogP contribution in [0.1, 0.15) is 47.7 Å². The number of nitrogens with zero attached hydrogens (tertiary/aromatic N) is 2. The minimum atomic E-state index is -0.297. The first-order valence-electron chi connectivity index (χ1n) is 12.1. The van der Waals surface area contributed by atoms with Crippen molar-refractivity contribution in [1.82, 2.24) is 15.1 Å². The van der Waals surface area contributed by atoms with Crippen molar-refractivity contribution in [2.75, 3.05) is 26.7 Å². The molecule has 2 aliphatic rings. The van der Waals surface area contributed by atoms with Crippen LogP contribution < -0.4 is 10.1 Å². The van der Waals surface area contributed by atoms with Gasteiger partial charge in [0.15, 0.2) is 0 Å². The lowest BCUT2D eigenvalue weighted by Crippen LogP contribution is -2.48. The number of hydrogen-bond acceptors (Lipinski definition) is 4. The third-order valence-corrected chi connectivity index (χ3v) is 6.86. The summed E-state index contributed by atoms with van der Waals surface area (Å²) in [5.74, 6) is 0.478. The summed E-state index contributed by atoms with van der Waals surface area (Å²) in [5, 5.41) is 3.10. The average Bonchev–Trinajstić information content (AvgIpc) is 3.24. The molecule has 0 spiro atoms. The minimum Gasteiger partial charge on any atom is -0.497 e. The number of piperidine rings is 1. The van der Waals surface area contributed by atoms with E-state index in [-0.39, 0.29) is 36.1 Å². The molecule has 2 aromatic carbocycles. The van der Waals surface area contributed by atoms with Gasteiger partial charge in [-0.3, -0.25) is 14.4 Å². The summed E-state index contributed by atoms with van der Waals surface area (Å²) < 4.78 is 5.18. The van der Waals surface area contributed by atoms with E-state index < -0.39 is 0 Å². The topological polar surface area (TPSA) is 79.0 Å². The first-order chi connectivity index (χ1) is 16.5. The maximum atomic E-state index is 13.1. The Labute approximate surface area is 201 Å². The third kappa shape index (κ3) is 5.58. The molecule has 2 aromatic rings. The van der Waals surface area contributed by atoms with Gasteiger partial charge >= 0.3 is 0 Å². The molecule has 7 heteroatoms. The fourth-order valence-electron chi connectivity index (χ4n) is 4.70. The molecular formula is C27H33N3O4. The van der Waals surface area contributed by atoms with E-state index in [2.05, 4.69) is 12.2 Å². The lowest BCUT2D eigenvalue weighted by molar-refractivity contribution is -0.136. The van der Waals surface area contributed by atoms with Crippen LogP contribution in [0.3, 0.4) is 0 Å². The highest BCUT2D eigenvalue weighted by molar-refractivity contribution is 5.94. The normalized spacial score (nSPS) is 18.8. The van der Waals surface area contributed by atoms with Gasteiger partial charge in [-0.25, -0.2) is 0 Å². The molecule has 2 aliphatic heterocycles. The SMILES string of the molecule is CCc1ccc(C(=O)NC2CCN(C(=O)C3CC(=O)N(Cc4ccc(OC)cc4)C3)CC2)cc1. The van der Waals surface area contributed by atoms with Gasteiger partial charge in [0.25, 0.3) is 5.91 Å². The monoisotopic (exact) mass is 463 g/mol.